The molecule has 0 saturated heterocycles. The lowest BCUT2D eigenvalue weighted by Gasteiger charge is -2.01. The molecule has 1 nitrogen and oxygen atoms in total. The SMILES string of the molecule is c1ccc(-c2ccc3[nH]c4c(ccc5sc6ccccc6c54)c3c2)cc1. The average Bonchev–Trinajstić information content (AvgIpc) is 3.26. The minimum absolute atomic E-state index is 1.20. The van der Waals surface area contributed by atoms with Crippen molar-refractivity contribution in [2.24, 2.45) is 0 Å². The van der Waals surface area contributed by atoms with Gasteiger partial charge in [-0.3, -0.25) is 0 Å². The van der Waals surface area contributed by atoms with E-state index in [9.17, 15) is 0 Å². The van der Waals surface area contributed by atoms with Crippen LogP contribution in [-0.2, 0) is 0 Å². The van der Waals surface area contributed by atoms with E-state index in [0.717, 1.165) is 0 Å². The Balaban J connectivity index is 1.73. The lowest BCUT2D eigenvalue weighted by atomic mass is 10.0. The number of thiophene rings is 1. The first-order chi connectivity index (χ1) is 12.9. The van der Waals surface area contributed by atoms with Gasteiger partial charge in [0.05, 0.1) is 5.52 Å². The molecule has 26 heavy (non-hydrogen) atoms. The van der Waals surface area contributed by atoms with E-state index >= 15 is 0 Å². The van der Waals surface area contributed by atoms with Crippen LogP contribution in [0, 0.1) is 0 Å². The van der Waals surface area contributed by atoms with Crippen molar-refractivity contribution in [2.45, 2.75) is 0 Å². The zero-order valence-electron chi connectivity index (χ0n) is 14.0. The molecule has 6 aromatic rings. The molecule has 0 unspecified atom stereocenters. The summed E-state index contributed by atoms with van der Waals surface area (Å²) < 4.78 is 2.69. The second kappa shape index (κ2) is 5.20. The molecule has 0 radical (unpaired) electrons. The van der Waals surface area contributed by atoms with E-state index in [2.05, 4.69) is 89.9 Å². The second-order valence-corrected chi connectivity index (χ2v) is 7.79. The van der Waals surface area contributed by atoms with Crippen molar-refractivity contribution >= 4 is 53.3 Å². The predicted octanol–water partition coefficient (Wildman–Crippen LogP) is 7.36. The van der Waals surface area contributed by atoms with Crippen LogP contribution in [0.4, 0.5) is 0 Å². The molecule has 1 N–H and O–H groups in total. The lowest BCUT2D eigenvalue weighted by molar-refractivity contribution is 1.56. The molecular weight excluding hydrogens is 334 g/mol. The van der Waals surface area contributed by atoms with E-state index < -0.39 is 0 Å². The predicted molar refractivity (Wildman–Crippen MR) is 114 cm³/mol. The van der Waals surface area contributed by atoms with Gasteiger partial charge in [0.1, 0.15) is 0 Å². The number of fused-ring (bicyclic) bond motifs is 7. The first-order valence-corrected chi connectivity index (χ1v) is 9.61. The van der Waals surface area contributed by atoms with Gasteiger partial charge >= 0.3 is 0 Å². The summed E-state index contributed by atoms with van der Waals surface area (Å²) in [6.45, 7) is 0. The van der Waals surface area contributed by atoms with E-state index in [0.29, 0.717) is 0 Å². The zero-order valence-corrected chi connectivity index (χ0v) is 14.8. The number of aromatic amines is 1. The number of H-pyrrole nitrogens is 1. The molecule has 0 spiro atoms. The summed E-state index contributed by atoms with van der Waals surface area (Å²) in [6, 6.07) is 30.5. The van der Waals surface area contributed by atoms with Gasteiger partial charge in [0.2, 0.25) is 0 Å². The molecule has 0 amide bonds. The van der Waals surface area contributed by atoms with Gasteiger partial charge in [0.15, 0.2) is 0 Å². The van der Waals surface area contributed by atoms with Crippen molar-refractivity contribution in [3.8, 4) is 11.1 Å². The molecule has 0 fully saturated rings. The quantitative estimate of drug-likeness (QED) is 0.319. The third-order valence-corrected chi connectivity index (χ3v) is 6.36. The highest BCUT2D eigenvalue weighted by Gasteiger charge is 2.13. The fourth-order valence-corrected chi connectivity index (χ4v) is 5.11. The number of aromatic nitrogens is 1. The molecule has 0 atom stereocenters. The van der Waals surface area contributed by atoms with Gasteiger partial charge in [0, 0.05) is 36.5 Å². The summed E-state index contributed by atoms with van der Waals surface area (Å²) in [6.07, 6.45) is 0. The highest BCUT2D eigenvalue weighted by molar-refractivity contribution is 7.26. The van der Waals surface area contributed by atoms with Crippen LogP contribution in [0.1, 0.15) is 0 Å². The molecule has 2 heterocycles. The third-order valence-electron chi connectivity index (χ3n) is 5.22. The Labute approximate surface area is 154 Å². The molecule has 2 aromatic heterocycles. The van der Waals surface area contributed by atoms with Crippen LogP contribution >= 0.6 is 11.3 Å². The van der Waals surface area contributed by atoms with Crippen LogP contribution < -0.4 is 0 Å². The molecule has 2 heteroatoms. The Bertz CT molecular complexity index is 1420. The Morgan fingerprint density at radius 2 is 1.42 bits per heavy atom. The van der Waals surface area contributed by atoms with Crippen molar-refractivity contribution in [2.75, 3.05) is 0 Å². The van der Waals surface area contributed by atoms with Crippen molar-refractivity contribution < 1.29 is 0 Å². The number of rotatable bonds is 1. The Hall–Kier alpha value is -3.10. The Morgan fingerprint density at radius 1 is 0.577 bits per heavy atom. The maximum Gasteiger partial charge on any atom is 0.0559 e. The van der Waals surface area contributed by atoms with Crippen LogP contribution in [-0.4, -0.2) is 4.98 Å². The fraction of sp³-hybridized carbons (Fsp3) is 0. The van der Waals surface area contributed by atoms with Gasteiger partial charge in [-0.15, -0.1) is 11.3 Å². The van der Waals surface area contributed by atoms with Crippen LogP contribution in [0.25, 0.3) is 53.1 Å². The monoisotopic (exact) mass is 349 g/mol. The van der Waals surface area contributed by atoms with E-state index in [1.165, 1.54) is 53.1 Å². The highest BCUT2D eigenvalue weighted by atomic mass is 32.1. The van der Waals surface area contributed by atoms with E-state index in [-0.39, 0.29) is 0 Å². The molecule has 0 aliphatic heterocycles. The van der Waals surface area contributed by atoms with Gasteiger partial charge in [-0.2, -0.15) is 0 Å². The largest absolute Gasteiger partial charge is 0.354 e. The number of hydrogen-bond acceptors (Lipinski definition) is 1. The van der Waals surface area contributed by atoms with E-state index in [1.807, 2.05) is 11.3 Å². The van der Waals surface area contributed by atoms with Crippen LogP contribution in [0.15, 0.2) is 84.9 Å². The van der Waals surface area contributed by atoms with Crippen LogP contribution in [0.2, 0.25) is 0 Å². The first kappa shape index (κ1) is 14.1. The minimum atomic E-state index is 1.20. The van der Waals surface area contributed by atoms with Gasteiger partial charge in [-0.25, -0.2) is 0 Å². The average molecular weight is 349 g/mol. The normalized spacial score (nSPS) is 11.8. The van der Waals surface area contributed by atoms with Gasteiger partial charge in [-0.1, -0.05) is 60.7 Å². The maximum atomic E-state index is 3.68. The summed E-state index contributed by atoms with van der Waals surface area (Å²) in [5.41, 5.74) is 4.96. The molecule has 4 aromatic carbocycles. The van der Waals surface area contributed by atoms with E-state index in [1.54, 1.807) is 0 Å². The highest BCUT2D eigenvalue weighted by Crippen LogP contribution is 2.40. The number of nitrogens with one attached hydrogen (secondary N) is 1. The fourth-order valence-electron chi connectivity index (χ4n) is 3.99. The summed E-state index contributed by atoms with van der Waals surface area (Å²) in [5, 5.41) is 5.28. The minimum Gasteiger partial charge on any atom is -0.354 e. The molecule has 6 rings (SSSR count). The van der Waals surface area contributed by atoms with Gasteiger partial charge in [0.25, 0.3) is 0 Å². The molecular formula is C24H15NS. The summed E-state index contributed by atoms with van der Waals surface area (Å²) in [5.74, 6) is 0. The van der Waals surface area contributed by atoms with E-state index in [4.69, 9.17) is 0 Å². The maximum absolute atomic E-state index is 3.68. The molecule has 122 valence electrons. The van der Waals surface area contributed by atoms with Gasteiger partial charge < -0.3 is 4.98 Å². The van der Waals surface area contributed by atoms with Crippen molar-refractivity contribution in [3.63, 3.8) is 0 Å². The molecule has 0 saturated carbocycles. The zero-order chi connectivity index (χ0) is 17.1. The van der Waals surface area contributed by atoms with Crippen molar-refractivity contribution in [1.82, 2.24) is 4.98 Å². The van der Waals surface area contributed by atoms with Gasteiger partial charge in [-0.05, 0) is 35.4 Å². The first-order valence-electron chi connectivity index (χ1n) is 8.79. The number of benzene rings is 4. The van der Waals surface area contributed by atoms with Crippen molar-refractivity contribution in [3.05, 3.63) is 84.9 Å². The van der Waals surface area contributed by atoms with Crippen molar-refractivity contribution in [1.29, 1.82) is 0 Å². The Kier molecular flexibility index (Phi) is 2.82. The summed E-state index contributed by atoms with van der Waals surface area (Å²) in [4.78, 5) is 3.68. The third kappa shape index (κ3) is 1.91. The molecule has 0 bridgehead atoms. The molecule has 0 aliphatic rings. The summed E-state index contributed by atoms with van der Waals surface area (Å²) >= 11 is 1.87. The Morgan fingerprint density at radius 3 is 2.35 bits per heavy atom. The smallest absolute Gasteiger partial charge is 0.0559 e. The number of hydrogen-bond donors (Lipinski definition) is 1. The lowest BCUT2D eigenvalue weighted by Crippen LogP contribution is -1.76. The van der Waals surface area contributed by atoms with Crippen LogP contribution in [0.3, 0.4) is 0 Å². The second-order valence-electron chi connectivity index (χ2n) is 6.71. The van der Waals surface area contributed by atoms with Crippen LogP contribution in [0.5, 0.6) is 0 Å². The summed E-state index contributed by atoms with van der Waals surface area (Å²) in [7, 11) is 0. The standard InChI is InChI=1S/C24H15NS/c1-2-6-15(7-3-1)16-10-12-20-19(14-16)17-11-13-22-23(24(17)25-20)18-8-4-5-9-21(18)26-22/h1-14,25H. The topological polar surface area (TPSA) is 15.8 Å². The molecule has 0 aliphatic carbocycles.